The molecule has 0 bridgehead atoms. The minimum absolute atomic E-state index is 0.185. The van der Waals surface area contributed by atoms with Gasteiger partial charge in [0.1, 0.15) is 5.75 Å². The van der Waals surface area contributed by atoms with Gasteiger partial charge in [0, 0.05) is 8.80 Å². The van der Waals surface area contributed by atoms with Crippen LogP contribution in [0.15, 0.2) is 12.1 Å². The van der Waals surface area contributed by atoms with Crippen molar-refractivity contribution in [2.24, 2.45) is 0 Å². The molecule has 0 saturated heterocycles. The quantitative estimate of drug-likeness (QED) is 0.754. The van der Waals surface area contributed by atoms with Crippen molar-refractivity contribution in [2.45, 2.75) is 39.4 Å². The highest BCUT2D eigenvalue weighted by atomic mass is 28.3. The summed E-state index contributed by atoms with van der Waals surface area (Å²) >= 11 is 0. The predicted molar refractivity (Wildman–Crippen MR) is 63.6 cm³/mol. The first-order chi connectivity index (χ1) is 6.50. The van der Waals surface area contributed by atoms with Gasteiger partial charge in [0.05, 0.1) is 0 Å². The molecule has 0 atom stereocenters. The van der Waals surface area contributed by atoms with Crippen molar-refractivity contribution < 1.29 is 5.11 Å². The maximum atomic E-state index is 9.85. The van der Waals surface area contributed by atoms with Crippen molar-refractivity contribution in [1.82, 2.24) is 0 Å². The molecule has 1 nitrogen and oxygen atoms in total. The molecule has 14 heavy (non-hydrogen) atoms. The molecule has 0 amide bonds. The Labute approximate surface area is 88.4 Å². The number of phenolic OH excluding ortho intramolecular Hbond substituents is 1. The molecular formula is C12H19OSi. The predicted octanol–water partition coefficient (Wildman–Crippen LogP) is 3.31. The summed E-state index contributed by atoms with van der Waals surface area (Å²) in [4.78, 5) is 0. The monoisotopic (exact) mass is 207 g/mol. The lowest BCUT2D eigenvalue weighted by Gasteiger charge is -2.09. The third kappa shape index (κ3) is 2.88. The van der Waals surface area contributed by atoms with Gasteiger partial charge in [0.2, 0.25) is 0 Å². The summed E-state index contributed by atoms with van der Waals surface area (Å²) in [6.07, 6.45) is 1.02. The second-order valence-electron chi connectivity index (χ2n) is 4.30. The van der Waals surface area contributed by atoms with Gasteiger partial charge >= 0.3 is 0 Å². The van der Waals surface area contributed by atoms with Crippen LogP contribution < -0.4 is 0 Å². The summed E-state index contributed by atoms with van der Waals surface area (Å²) in [6, 6.07) is 5.37. The molecule has 0 aliphatic heterocycles. The molecule has 1 aromatic rings. The second-order valence-corrected chi connectivity index (χ2v) is 7.21. The maximum absolute atomic E-state index is 9.85. The van der Waals surface area contributed by atoms with Crippen molar-refractivity contribution in [3.8, 4) is 5.75 Å². The minimum atomic E-state index is -0.185. The van der Waals surface area contributed by atoms with Gasteiger partial charge in [-0.15, -0.1) is 0 Å². The molecule has 0 unspecified atom stereocenters. The van der Waals surface area contributed by atoms with Gasteiger partial charge in [-0.2, -0.15) is 0 Å². The second kappa shape index (κ2) is 4.65. The van der Waals surface area contributed by atoms with Crippen LogP contribution in [-0.2, 0) is 6.42 Å². The standard InChI is InChI=1S/C12H19OSi/c1-9-7-10(2)12(13)11(8-9)5-6-14(3)4/h7-8,13H,5-6H2,1-4H3. The van der Waals surface area contributed by atoms with E-state index in [9.17, 15) is 5.11 Å². The van der Waals surface area contributed by atoms with Crippen molar-refractivity contribution >= 4 is 8.80 Å². The van der Waals surface area contributed by atoms with E-state index in [0.717, 1.165) is 17.5 Å². The fourth-order valence-electron chi connectivity index (χ4n) is 1.62. The van der Waals surface area contributed by atoms with Gasteiger partial charge in [-0.25, -0.2) is 0 Å². The highest BCUT2D eigenvalue weighted by molar-refractivity contribution is 6.55. The topological polar surface area (TPSA) is 20.2 Å². The molecular weight excluding hydrogens is 188 g/mol. The van der Waals surface area contributed by atoms with Crippen LogP contribution in [-0.4, -0.2) is 13.9 Å². The maximum Gasteiger partial charge on any atom is 0.121 e. The summed E-state index contributed by atoms with van der Waals surface area (Å²) in [5.74, 6) is 0.499. The van der Waals surface area contributed by atoms with Gasteiger partial charge in [-0.1, -0.05) is 36.8 Å². The summed E-state index contributed by atoms with van der Waals surface area (Å²) in [6.45, 7) is 8.67. The Morgan fingerprint density at radius 2 is 1.86 bits per heavy atom. The van der Waals surface area contributed by atoms with E-state index in [4.69, 9.17) is 0 Å². The molecule has 1 rings (SSSR count). The van der Waals surface area contributed by atoms with Gasteiger partial charge < -0.3 is 5.11 Å². The van der Waals surface area contributed by atoms with Crippen LogP contribution in [0.1, 0.15) is 16.7 Å². The Balaban J connectivity index is 2.85. The molecule has 0 saturated carbocycles. The number of hydrogen-bond donors (Lipinski definition) is 1. The molecule has 0 heterocycles. The largest absolute Gasteiger partial charge is 0.507 e. The first-order valence-corrected chi connectivity index (χ1v) is 7.79. The molecule has 2 heteroatoms. The summed E-state index contributed by atoms with van der Waals surface area (Å²) < 4.78 is 0. The first-order valence-electron chi connectivity index (χ1n) is 5.09. The lowest BCUT2D eigenvalue weighted by Crippen LogP contribution is -2.01. The third-order valence-corrected chi connectivity index (χ3v) is 3.67. The fraction of sp³-hybridized carbons (Fsp3) is 0.500. The smallest absolute Gasteiger partial charge is 0.121 e. The molecule has 1 radical (unpaired) electrons. The van der Waals surface area contributed by atoms with Crippen LogP contribution in [0, 0.1) is 13.8 Å². The zero-order chi connectivity index (χ0) is 10.7. The van der Waals surface area contributed by atoms with Crippen molar-refractivity contribution in [2.75, 3.05) is 0 Å². The van der Waals surface area contributed by atoms with Gasteiger partial charge in [-0.3, -0.25) is 0 Å². The van der Waals surface area contributed by atoms with Gasteiger partial charge in [-0.05, 0) is 31.4 Å². The van der Waals surface area contributed by atoms with Crippen LogP contribution in [0.3, 0.4) is 0 Å². The Kier molecular flexibility index (Phi) is 3.75. The van der Waals surface area contributed by atoms with E-state index in [-0.39, 0.29) is 8.80 Å². The average molecular weight is 207 g/mol. The molecule has 0 aromatic heterocycles. The third-order valence-electron chi connectivity index (χ3n) is 2.42. The summed E-state index contributed by atoms with van der Waals surface area (Å²) in [7, 11) is -0.185. The molecule has 1 aromatic carbocycles. The van der Waals surface area contributed by atoms with E-state index in [0.29, 0.717) is 5.75 Å². The number of hydrogen-bond acceptors (Lipinski definition) is 1. The van der Waals surface area contributed by atoms with Gasteiger partial charge in [0.25, 0.3) is 0 Å². The van der Waals surface area contributed by atoms with E-state index >= 15 is 0 Å². The first kappa shape index (κ1) is 11.3. The van der Waals surface area contributed by atoms with E-state index in [2.05, 4.69) is 26.1 Å². The molecule has 0 aliphatic carbocycles. The Bertz CT molecular complexity index is 318. The summed E-state index contributed by atoms with van der Waals surface area (Å²) in [5.41, 5.74) is 3.37. The van der Waals surface area contributed by atoms with E-state index in [1.807, 2.05) is 13.0 Å². The zero-order valence-corrected chi connectivity index (χ0v) is 10.5. The van der Waals surface area contributed by atoms with Crippen LogP contribution >= 0.6 is 0 Å². The minimum Gasteiger partial charge on any atom is -0.507 e. The highest BCUT2D eigenvalue weighted by Gasteiger charge is 2.06. The Morgan fingerprint density at radius 1 is 1.21 bits per heavy atom. The Hall–Kier alpha value is -0.763. The van der Waals surface area contributed by atoms with E-state index < -0.39 is 0 Å². The fourth-order valence-corrected chi connectivity index (χ4v) is 2.39. The molecule has 77 valence electrons. The van der Waals surface area contributed by atoms with Gasteiger partial charge in [0.15, 0.2) is 0 Å². The molecule has 1 N–H and O–H groups in total. The Morgan fingerprint density at radius 3 is 2.43 bits per heavy atom. The average Bonchev–Trinajstić information content (AvgIpc) is 2.08. The van der Waals surface area contributed by atoms with Crippen LogP contribution in [0.4, 0.5) is 0 Å². The number of aromatic hydroxyl groups is 1. The van der Waals surface area contributed by atoms with E-state index in [1.54, 1.807) is 0 Å². The number of rotatable bonds is 3. The number of benzene rings is 1. The highest BCUT2D eigenvalue weighted by Crippen LogP contribution is 2.25. The molecule has 0 spiro atoms. The van der Waals surface area contributed by atoms with Crippen LogP contribution in [0.5, 0.6) is 5.75 Å². The normalized spacial score (nSPS) is 10.9. The van der Waals surface area contributed by atoms with E-state index in [1.165, 1.54) is 11.6 Å². The lowest BCUT2D eigenvalue weighted by molar-refractivity contribution is 0.464. The van der Waals surface area contributed by atoms with Crippen molar-refractivity contribution in [1.29, 1.82) is 0 Å². The number of phenols is 1. The van der Waals surface area contributed by atoms with Crippen LogP contribution in [0.2, 0.25) is 19.1 Å². The lowest BCUT2D eigenvalue weighted by atomic mass is 10.0. The summed E-state index contributed by atoms with van der Waals surface area (Å²) in [5, 5.41) is 9.85. The van der Waals surface area contributed by atoms with Crippen molar-refractivity contribution in [3.05, 3.63) is 28.8 Å². The molecule has 0 aliphatic rings. The SMILES string of the molecule is Cc1cc(C)c(O)c(CC[Si](C)C)c1. The number of aryl methyl sites for hydroxylation is 3. The molecule has 0 fully saturated rings. The zero-order valence-electron chi connectivity index (χ0n) is 9.52. The van der Waals surface area contributed by atoms with Crippen LogP contribution in [0.25, 0.3) is 0 Å². The van der Waals surface area contributed by atoms with Crippen molar-refractivity contribution in [3.63, 3.8) is 0 Å².